The number of hydrogen-bond acceptors (Lipinski definition) is 4. The molecule has 0 amide bonds. The van der Waals surface area contributed by atoms with E-state index in [1.54, 1.807) is 6.07 Å². The number of rotatable bonds is 5. The molecule has 0 N–H and O–H groups in total. The summed E-state index contributed by atoms with van der Waals surface area (Å²) in [4.78, 5) is 7.67. The first-order valence-electron chi connectivity index (χ1n) is 4.44. The molecule has 1 unspecified atom stereocenters. The molecule has 0 fully saturated rings. The summed E-state index contributed by atoms with van der Waals surface area (Å²) in [6.07, 6.45) is 1.33. The minimum absolute atomic E-state index is 0.0408. The molecular formula is C9H13ClN2O2. The van der Waals surface area contributed by atoms with Gasteiger partial charge in [-0.05, 0) is 13.8 Å². The minimum atomic E-state index is -0.0408. The number of halogens is 1. The zero-order valence-electron chi connectivity index (χ0n) is 8.24. The van der Waals surface area contributed by atoms with E-state index in [0.29, 0.717) is 24.2 Å². The molecule has 1 heterocycles. The van der Waals surface area contributed by atoms with Gasteiger partial charge in [0.15, 0.2) is 0 Å². The zero-order chi connectivity index (χ0) is 10.4. The molecule has 4 nitrogen and oxygen atoms in total. The van der Waals surface area contributed by atoms with Gasteiger partial charge in [0.25, 0.3) is 0 Å². The Morgan fingerprint density at radius 1 is 1.50 bits per heavy atom. The van der Waals surface area contributed by atoms with Gasteiger partial charge in [0.1, 0.15) is 17.6 Å². The fraction of sp³-hybridized carbons (Fsp3) is 0.556. The Kier molecular flexibility index (Phi) is 4.62. The van der Waals surface area contributed by atoms with E-state index in [4.69, 9.17) is 21.1 Å². The highest BCUT2D eigenvalue weighted by Crippen LogP contribution is 2.12. The molecule has 1 atom stereocenters. The van der Waals surface area contributed by atoms with Crippen LogP contribution in [0.5, 0.6) is 5.88 Å². The van der Waals surface area contributed by atoms with Crippen molar-refractivity contribution in [1.29, 1.82) is 0 Å². The first-order valence-corrected chi connectivity index (χ1v) is 4.82. The summed E-state index contributed by atoms with van der Waals surface area (Å²) in [5, 5.41) is 0.374. The lowest BCUT2D eigenvalue weighted by atomic mass is 10.4. The highest BCUT2D eigenvalue weighted by atomic mass is 35.5. The van der Waals surface area contributed by atoms with Crippen LogP contribution in [-0.4, -0.2) is 29.3 Å². The molecule has 1 aromatic heterocycles. The van der Waals surface area contributed by atoms with Crippen molar-refractivity contribution in [3.8, 4) is 5.88 Å². The molecule has 0 aliphatic heterocycles. The smallest absolute Gasteiger partial charge is 0.218 e. The molecule has 0 bridgehead atoms. The monoisotopic (exact) mass is 216 g/mol. The molecule has 1 aromatic rings. The lowest BCUT2D eigenvalue weighted by Crippen LogP contribution is -2.19. The Morgan fingerprint density at radius 2 is 2.29 bits per heavy atom. The maximum atomic E-state index is 5.67. The molecule has 14 heavy (non-hydrogen) atoms. The molecule has 0 radical (unpaired) electrons. The fourth-order valence-corrected chi connectivity index (χ4v) is 1.04. The van der Waals surface area contributed by atoms with Crippen molar-refractivity contribution in [3.63, 3.8) is 0 Å². The molecular weight excluding hydrogens is 204 g/mol. The average molecular weight is 217 g/mol. The van der Waals surface area contributed by atoms with Gasteiger partial charge in [0.05, 0.1) is 6.61 Å². The summed E-state index contributed by atoms with van der Waals surface area (Å²) < 4.78 is 10.6. The van der Waals surface area contributed by atoms with Crippen LogP contribution < -0.4 is 4.74 Å². The van der Waals surface area contributed by atoms with E-state index in [1.165, 1.54) is 6.33 Å². The van der Waals surface area contributed by atoms with Gasteiger partial charge in [-0.15, -0.1) is 0 Å². The van der Waals surface area contributed by atoms with Crippen molar-refractivity contribution < 1.29 is 9.47 Å². The van der Waals surface area contributed by atoms with E-state index in [0.717, 1.165) is 0 Å². The highest BCUT2D eigenvalue weighted by molar-refractivity contribution is 6.29. The molecule has 5 heteroatoms. The fourth-order valence-electron chi connectivity index (χ4n) is 0.906. The van der Waals surface area contributed by atoms with Crippen LogP contribution in [0.3, 0.4) is 0 Å². The standard InChI is InChI=1S/C9H13ClN2O2/c1-3-13-5-7(2)14-9-4-8(10)11-6-12-9/h4,6-7H,3,5H2,1-2H3. The maximum absolute atomic E-state index is 5.67. The van der Waals surface area contributed by atoms with Crippen LogP contribution in [0.4, 0.5) is 0 Å². The largest absolute Gasteiger partial charge is 0.472 e. The predicted molar refractivity (Wildman–Crippen MR) is 53.6 cm³/mol. The number of nitrogens with zero attached hydrogens (tertiary/aromatic N) is 2. The third-order valence-electron chi connectivity index (χ3n) is 1.49. The topological polar surface area (TPSA) is 44.2 Å². The van der Waals surface area contributed by atoms with E-state index in [1.807, 2.05) is 13.8 Å². The van der Waals surface area contributed by atoms with Crippen molar-refractivity contribution in [3.05, 3.63) is 17.5 Å². The van der Waals surface area contributed by atoms with Gasteiger partial charge < -0.3 is 9.47 Å². The Labute approximate surface area is 88.2 Å². The van der Waals surface area contributed by atoms with E-state index in [9.17, 15) is 0 Å². The quantitative estimate of drug-likeness (QED) is 0.706. The summed E-state index contributed by atoms with van der Waals surface area (Å²) in [5.74, 6) is 0.470. The first-order chi connectivity index (χ1) is 6.72. The van der Waals surface area contributed by atoms with Gasteiger partial charge in [-0.3, -0.25) is 0 Å². The minimum Gasteiger partial charge on any atom is -0.472 e. The van der Waals surface area contributed by atoms with Crippen LogP contribution in [0.1, 0.15) is 13.8 Å². The first kappa shape index (κ1) is 11.2. The van der Waals surface area contributed by atoms with Crippen LogP contribution in [0.2, 0.25) is 5.15 Å². The SMILES string of the molecule is CCOCC(C)Oc1cc(Cl)ncn1. The maximum Gasteiger partial charge on any atom is 0.218 e. The van der Waals surface area contributed by atoms with E-state index >= 15 is 0 Å². The van der Waals surface area contributed by atoms with Crippen molar-refractivity contribution in [2.75, 3.05) is 13.2 Å². The van der Waals surface area contributed by atoms with E-state index < -0.39 is 0 Å². The number of ether oxygens (including phenoxy) is 2. The molecule has 0 saturated heterocycles. The summed E-state index contributed by atoms with van der Waals surface area (Å²) in [6.45, 7) is 5.07. The predicted octanol–water partition coefficient (Wildman–Crippen LogP) is 1.93. The van der Waals surface area contributed by atoms with Crippen LogP contribution in [0.25, 0.3) is 0 Å². The summed E-state index contributed by atoms with van der Waals surface area (Å²) >= 11 is 5.67. The second kappa shape index (κ2) is 5.78. The normalized spacial score (nSPS) is 12.5. The van der Waals surface area contributed by atoms with Gasteiger partial charge in [-0.1, -0.05) is 11.6 Å². The molecule has 0 spiro atoms. The second-order valence-electron chi connectivity index (χ2n) is 2.77. The molecule has 0 aliphatic carbocycles. The van der Waals surface area contributed by atoms with Crippen LogP contribution >= 0.6 is 11.6 Å². The molecule has 0 aliphatic rings. The Balaban J connectivity index is 2.43. The third-order valence-corrected chi connectivity index (χ3v) is 1.69. The zero-order valence-corrected chi connectivity index (χ0v) is 8.99. The second-order valence-corrected chi connectivity index (χ2v) is 3.15. The summed E-state index contributed by atoms with van der Waals surface area (Å²) in [7, 11) is 0. The van der Waals surface area contributed by atoms with E-state index in [-0.39, 0.29) is 6.10 Å². The number of hydrogen-bond donors (Lipinski definition) is 0. The highest BCUT2D eigenvalue weighted by Gasteiger charge is 2.05. The van der Waals surface area contributed by atoms with Crippen LogP contribution in [-0.2, 0) is 4.74 Å². The lowest BCUT2D eigenvalue weighted by molar-refractivity contribution is 0.0633. The lowest BCUT2D eigenvalue weighted by Gasteiger charge is -2.13. The van der Waals surface area contributed by atoms with Gasteiger partial charge >= 0.3 is 0 Å². The van der Waals surface area contributed by atoms with Gasteiger partial charge in [-0.25, -0.2) is 9.97 Å². The van der Waals surface area contributed by atoms with Crippen molar-refractivity contribution in [2.24, 2.45) is 0 Å². The summed E-state index contributed by atoms with van der Waals surface area (Å²) in [6, 6.07) is 1.57. The summed E-state index contributed by atoms with van der Waals surface area (Å²) in [5.41, 5.74) is 0. The third kappa shape index (κ3) is 3.89. The van der Waals surface area contributed by atoms with Crippen LogP contribution in [0.15, 0.2) is 12.4 Å². The van der Waals surface area contributed by atoms with Gasteiger partial charge in [0, 0.05) is 12.7 Å². The number of aromatic nitrogens is 2. The Bertz CT molecular complexity index is 283. The molecule has 0 saturated carbocycles. The van der Waals surface area contributed by atoms with Crippen molar-refractivity contribution in [2.45, 2.75) is 20.0 Å². The van der Waals surface area contributed by atoms with Crippen LogP contribution in [0, 0.1) is 0 Å². The van der Waals surface area contributed by atoms with E-state index in [2.05, 4.69) is 9.97 Å². The Morgan fingerprint density at radius 3 is 2.93 bits per heavy atom. The van der Waals surface area contributed by atoms with Crippen molar-refractivity contribution in [1.82, 2.24) is 9.97 Å². The van der Waals surface area contributed by atoms with Crippen molar-refractivity contribution >= 4 is 11.6 Å². The van der Waals surface area contributed by atoms with Gasteiger partial charge in [-0.2, -0.15) is 0 Å². The molecule has 1 rings (SSSR count). The average Bonchev–Trinajstić information content (AvgIpc) is 2.15. The van der Waals surface area contributed by atoms with Gasteiger partial charge in [0.2, 0.25) is 5.88 Å². The molecule has 0 aromatic carbocycles. The molecule has 78 valence electrons. The Hall–Kier alpha value is -0.870.